The Labute approximate surface area is 229 Å². The lowest BCUT2D eigenvalue weighted by Gasteiger charge is -2.18. The molecule has 0 bridgehead atoms. The van der Waals surface area contributed by atoms with Gasteiger partial charge in [0.05, 0.1) is 0 Å². The molecule has 0 heterocycles. The Morgan fingerprint density at radius 1 is 0.947 bits per heavy atom. The number of halogens is 1. The highest BCUT2D eigenvalue weighted by Crippen LogP contribution is 2.22. The molecular formula is C31H35ClNO5+. The number of hydrogen-bond acceptors (Lipinski definition) is 4. The van der Waals surface area contributed by atoms with Gasteiger partial charge in [-0.15, -0.1) is 0 Å². The summed E-state index contributed by atoms with van der Waals surface area (Å²) < 4.78 is 12.7. The Hall–Kier alpha value is -3.48. The first kappa shape index (κ1) is 29.1. The van der Waals surface area contributed by atoms with Crippen molar-refractivity contribution in [2.75, 3.05) is 13.2 Å². The molecule has 1 amide bonds. The third-order valence-corrected chi connectivity index (χ3v) is 6.27. The van der Waals surface area contributed by atoms with Gasteiger partial charge in [0.1, 0.15) is 5.75 Å². The van der Waals surface area contributed by atoms with Gasteiger partial charge in [0, 0.05) is 29.2 Å². The molecule has 0 aliphatic rings. The van der Waals surface area contributed by atoms with E-state index in [1.165, 1.54) is 5.56 Å². The molecule has 0 aliphatic heterocycles. The first-order valence-corrected chi connectivity index (χ1v) is 13.0. The number of carboxylic acid groups (broad SMARTS) is 1. The number of carbonyl (C=O) groups excluding carboxylic acids is 1. The summed E-state index contributed by atoms with van der Waals surface area (Å²) in [7, 11) is 0. The summed E-state index contributed by atoms with van der Waals surface area (Å²) in [5, 5.41) is 9.92. The summed E-state index contributed by atoms with van der Waals surface area (Å²) in [6.07, 6.45) is 1.14. The maximum Gasteiger partial charge on any atom is 0.424 e. The van der Waals surface area contributed by atoms with Crippen LogP contribution < -0.4 is 4.74 Å². The second-order valence-corrected chi connectivity index (χ2v) is 10.5. The smallest absolute Gasteiger partial charge is 0.424 e. The van der Waals surface area contributed by atoms with Crippen LogP contribution in [0.5, 0.6) is 5.75 Å². The molecule has 38 heavy (non-hydrogen) atoms. The van der Waals surface area contributed by atoms with Crippen LogP contribution in [0.1, 0.15) is 49.9 Å². The van der Waals surface area contributed by atoms with Gasteiger partial charge in [-0.1, -0.05) is 68.8 Å². The molecule has 0 unspecified atom stereocenters. The summed E-state index contributed by atoms with van der Waals surface area (Å²) in [6.45, 7) is 8.82. The molecule has 200 valence electrons. The van der Waals surface area contributed by atoms with Crippen molar-refractivity contribution >= 4 is 29.7 Å². The third-order valence-electron chi connectivity index (χ3n) is 6.02. The number of carbonyl (C=O) groups is 2. The molecule has 0 radical (unpaired) electrons. The lowest BCUT2D eigenvalue weighted by molar-refractivity contribution is -0.461. The highest BCUT2D eigenvalue weighted by Gasteiger charge is 2.21. The van der Waals surface area contributed by atoms with Gasteiger partial charge >= 0.3 is 11.9 Å². The Bertz CT molecular complexity index is 1240. The van der Waals surface area contributed by atoms with Crippen LogP contribution >= 0.6 is 11.6 Å². The van der Waals surface area contributed by atoms with Crippen molar-refractivity contribution in [1.82, 2.24) is 0 Å². The first-order chi connectivity index (χ1) is 18.0. The fraction of sp³-hybridized carbons (Fsp3) is 0.323. The fourth-order valence-electron chi connectivity index (χ4n) is 3.82. The summed E-state index contributed by atoms with van der Waals surface area (Å²) in [5.74, 6) is -0.680. The number of hydrogen-bond donors (Lipinski definition) is 1. The minimum Gasteiger partial charge on any atom is -0.479 e. The minimum atomic E-state index is -0.997. The zero-order valence-electron chi connectivity index (χ0n) is 22.3. The Morgan fingerprint density at radius 2 is 1.55 bits per heavy atom. The molecule has 3 aromatic rings. The maximum atomic E-state index is 13.2. The van der Waals surface area contributed by atoms with Gasteiger partial charge in [0.15, 0.2) is 18.9 Å². The van der Waals surface area contributed by atoms with E-state index < -0.39 is 12.1 Å². The lowest BCUT2D eigenvalue weighted by atomic mass is 9.87. The Balaban J connectivity index is 1.72. The molecule has 7 heteroatoms. The van der Waals surface area contributed by atoms with Crippen LogP contribution in [0.25, 0.3) is 0 Å². The van der Waals surface area contributed by atoms with E-state index in [4.69, 9.17) is 21.1 Å². The largest absolute Gasteiger partial charge is 0.479 e. The average Bonchev–Trinajstić information content (AvgIpc) is 2.88. The molecule has 3 aromatic carbocycles. The second kappa shape index (κ2) is 13.4. The topological polar surface area (TPSA) is 75.8 Å². The average molecular weight is 537 g/mol. The van der Waals surface area contributed by atoms with Gasteiger partial charge in [0.25, 0.3) is 0 Å². The molecule has 0 spiro atoms. The van der Waals surface area contributed by atoms with Crippen LogP contribution in [0.3, 0.4) is 0 Å². The molecule has 0 fully saturated rings. The zero-order chi connectivity index (χ0) is 27.7. The van der Waals surface area contributed by atoms with Crippen molar-refractivity contribution in [3.05, 3.63) is 100 Å². The van der Waals surface area contributed by atoms with Crippen molar-refractivity contribution in [1.29, 1.82) is 0 Å². The van der Waals surface area contributed by atoms with E-state index in [2.05, 4.69) is 32.9 Å². The minimum absolute atomic E-state index is 0.0461. The number of nitrogens with zero attached hydrogens (tertiary/aromatic N) is 1. The van der Waals surface area contributed by atoms with E-state index in [1.807, 2.05) is 24.3 Å². The number of aliphatic carboxylic acids is 1. The van der Waals surface area contributed by atoms with Crippen LogP contribution in [0.15, 0.2) is 72.8 Å². The second-order valence-electron chi connectivity index (χ2n) is 10.1. The third kappa shape index (κ3) is 8.82. The summed E-state index contributed by atoms with van der Waals surface area (Å²) in [4.78, 5) is 24.6. The summed E-state index contributed by atoms with van der Waals surface area (Å²) in [5.41, 5.74) is 3.93. The highest BCUT2D eigenvalue weighted by atomic mass is 35.5. The number of rotatable bonds is 11. The molecule has 3 rings (SSSR count). The first-order valence-electron chi connectivity index (χ1n) is 12.6. The van der Waals surface area contributed by atoms with Crippen LogP contribution in [-0.2, 0) is 32.7 Å². The summed E-state index contributed by atoms with van der Waals surface area (Å²) >= 11 is 6.03. The Kier molecular flexibility index (Phi) is 10.2. The number of benzene rings is 3. The number of amides is 1. The van der Waals surface area contributed by atoms with Gasteiger partial charge in [-0.2, -0.15) is 4.58 Å². The van der Waals surface area contributed by atoms with E-state index in [0.717, 1.165) is 16.7 Å². The van der Waals surface area contributed by atoms with Crippen molar-refractivity contribution in [3.8, 4) is 5.75 Å². The zero-order valence-corrected chi connectivity index (χ0v) is 23.1. The molecular weight excluding hydrogens is 502 g/mol. The highest BCUT2D eigenvalue weighted by molar-refractivity contribution is 6.30. The van der Waals surface area contributed by atoms with Crippen molar-refractivity contribution < 1.29 is 28.7 Å². The molecule has 6 nitrogen and oxygen atoms in total. The Morgan fingerprint density at radius 3 is 2.11 bits per heavy atom. The van der Waals surface area contributed by atoms with Gasteiger partial charge in [-0.25, -0.2) is 9.59 Å². The van der Waals surface area contributed by atoms with Gasteiger partial charge < -0.3 is 14.6 Å². The van der Waals surface area contributed by atoms with Crippen LogP contribution in [0.4, 0.5) is 0 Å². The molecule has 1 atom stereocenters. The van der Waals surface area contributed by atoms with Gasteiger partial charge in [0.2, 0.25) is 6.61 Å². The molecule has 0 aliphatic carbocycles. The van der Waals surface area contributed by atoms with E-state index in [1.54, 1.807) is 54.1 Å². The maximum absolute atomic E-state index is 13.2. The van der Waals surface area contributed by atoms with E-state index >= 15 is 0 Å². The van der Waals surface area contributed by atoms with Gasteiger partial charge in [-0.3, -0.25) is 0 Å². The predicted octanol–water partition coefficient (Wildman–Crippen LogP) is 5.91. The lowest BCUT2D eigenvalue weighted by Crippen LogP contribution is -2.27. The quantitative estimate of drug-likeness (QED) is 0.244. The monoisotopic (exact) mass is 536 g/mol. The fourth-order valence-corrected chi connectivity index (χ4v) is 3.95. The summed E-state index contributed by atoms with van der Waals surface area (Å²) in [6, 6.07) is 22.6. The molecule has 1 N–H and O–H groups in total. The van der Waals surface area contributed by atoms with E-state index in [9.17, 15) is 14.7 Å². The normalized spacial score (nSPS) is 12.7. The molecule has 0 aromatic heterocycles. The standard InChI is InChI=1S/C31H34ClNO5/c1-5-37-28(30(35)36)18-22-10-16-27(17-11-22)38-21-29(34)33(20-24-8-14-26(32)15-9-24)19-23-6-12-25(13-7-23)31(2,3)4/h6-17,20,28H,5,18-19,21H2,1-4H3/p+1/t28-/m0/s1. The van der Waals surface area contributed by atoms with Crippen molar-refractivity contribution in [2.24, 2.45) is 0 Å². The number of ether oxygens (including phenoxy) is 2. The molecule has 0 saturated carbocycles. The van der Waals surface area contributed by atoms with Crippen LogP contribution in [0.2, 0.25) is 5.02 Å². The van der Waals surface area contributed by atoms with Crippen molar-refractivity contribution in [3.63, 3.8) is 0 Å². The molecule has 0 saturated heterocycles. The van der Waals surface area contributed by atoms with E-state index in [0.29, 0.717) is 23.9 Å². The predicted molar refractivity (Wildman–Crippen MR) is 149 cm³/mol. The van der Waals surface area contributed by atoms with Crippen LogP contribution in [0, 0.1) is 0 Å². The van der Waals surface area contributed by atoms with Crippen LogP contribution in [-0.4, -0.2) is 47.1 Å². The van der Waals surface area contributed by atoms with E-state index in [-0.39, 0.29) is 24.3 Å². The number of carboxylic acids is 1. The van der Waals surface area contributed by atoms with Gasteiger partial charge in [-0.05, 0) is 59.9 Å². The van der Waals surface area contributed by atoms with Crippen molar-refractivity contribution in [2.45, 2.75) is 52.2 Å². The SMILES string of the molecule is CCO[C@@H](Cc1ccc(OCC(=O)[N+](=Cc2ccc(Cl)cc2)Cc2ccc(C(C)(C)C)cc2)cc1)C(=O)O.